The first kappa shape index (κ1) is 19.2. The smallest absolute Gasteiger partial charge is 0.257 e. The van der Waals surface area contributed by atoms with Gasteiger partial charge in [-0.05, 0) is 26.0 Å². The van der Waals surface area contributed by atoms with Crippen molar-refractivity contribution in [1.82, 2.24) is 25.0 Å². The summed E-state index contributed by atoms with van der Waals surface area (Å²) in [5.74, 6) is 0.726. The predicted molar refractivity (Wildman–Crippen MR) is 105 cm³/mol. The van der Waals surface area contributed by atoms with Crippen LogP contribution in [-0.4, -0.2) is 50.6 Å². The maximum absolute atomic E-state index is 12.9. The van der Waals surface area contributed by atoms with Crippen LogP contribution < -0.4 is 0 Å². The van der Waals surface area contributed by atoms with E-state index in [4.69, 9.17) is 14.2 Å². The SMILES string of the molecule is CCc1onc(C)c1-c1cccc(C2CN(C(=O)c3cncnc3C)CCO2)n1. The second-order valence-corrected chi connectivity index (χ2v) is 7.00. The minimum absolute atomic E-state index is 0.0873. The molecule has 0 bridgehead atoms. The molecule has 3 aromatic heterocycles. The summed E-state index contributed by atoms with van der Waals surface area (Å²) < 4.78 is 11.4. The Labute approximate surface area is 168 Å². The molecular formula is C21H23N5O3. The van der Waals surface area contributed by atoms with Crippen molar-refractivity contribution in [3.8, 4) is 11.3 Å². The Hall–Kier alpha value is -3.13. The highest BCUT2D eigenvalue weighted by atomic mass is 16.5. The van der Waals surface area contributed by atoms with Gasteiger partial charge in [-0.25, -0.2) is 15.0 Å². The second kappa shape index (κ2) is 8.08. The Kier molecular flexibility index (Phi) is 5.35. The summed E-state index contributed by atoms with van der Waals surface area (Å²) in [6.45, 7) is 7.14. The Morgan fingerprint density at radius 2 is 2.14 bits per heavy atom. The molecule has 1 amide bonds. The van der Waals surface area contributed by atoms with Gasteiger partial charge in [0.2, 0.25) is 0 Å². The average molecular weight is 393 g/mol. The van der Waals surface area contributed by atoms with Gasteiger partial charge in [0, 0.05) is 19.2 Å². The monoisotopic (exact) mass is 393 g/mol. The van der Waals surface area contributed by atoms with Gasteiger partial charge in [0.25, 0.3) is 5.91 Å². The van der Waals surface area contributed by atoms with Crippen molar-refractivity contribution >= 4 is 5.91 Å². The lowest BCUT2D eigenvalue weighted by Crippen LogP contribution is -2.42. The van der Waals surface area contributed by atoms with Crippen LogP contribution in [0.5, 0.6) is 0 Å². The molecule has 0 radical (unpaired) electrons. The summed E-state index contributed by atoms with van der Waals surface area (Å²) in [6, 6.07) is 5.81. The molecule has 29 heavy (non-hydrogen) atoms. The number of ether oxygens (including phenoxy) is 1. The summed E-state index contributed by atoms with van der Waals surface area (Å²) in [7, 11) is 0. The van der Waals surface area contributed by atoms with Crippen molar-refractivity contribution in [2.75, 3.05) is 19.7 Å². The van der Waals surface area contributed by atoms with Crippen LogP contribution in [0.3, 0.4) is 0 Å². The summed E-state index contributed by atoms with van der Waals surface area (Å²) in [5, 5.41) is 4.07. The van der Waals surface area contributed by atoms with E-state index < -0.39 is 0 Å². The molecule has 1 aliphatic heterocycles. The number of nitrogens with zero attached hydrogens (tertiary/aromatic N) is 5. The van der Waals surface area contributed by atoms with Crippen LogP contribution >= 0.6 is 0 Å². The van der Waals surface area contributed by atoms with Gasteiger partial charge in [-0.15, -0.1) is 0 Å². The first-order valence-corrected chi connectivity index (χ1v) is 9.68. The molecule has 8 nitrogen and oxygen atoms in total. The van der Waals surface area contributed by atoms with E-state index in [1.807, 2.05) is 39.0 Å². The third-order valence-corrected chi connectivity index (χ3v) is 5.11. The minimum atomic E-state index is -0.303. The standard InChI is InChI=1S/C21H23N5O3/c1-4-18-20(14(3)25-29-18)17-7-5-6-16(24-17)19-11-26(8-9-28-19)21(27)15-10-22-12-23-13(15)2/h5-7,10,12,19H,4,8-9,11H2,1-3H3. The van der Waals surface area contributed by atoms with Crippen molar-refractivity contribution < 1.29 is 14.1 Å². The molecule has 8 heteroatoms. The van der Waals surface area contributed by atoms with Crippen LogP contribution in [0, 0.1) is 13.8 Å². The number of hydrogen-bond donors (Lipinski definition) is 0. The minimum Gasteiger partial charge on any atom is -0.368 e. The normalized spacial score (nSPS) is 16.8. The topological polar surface area (TPSA) is 94.2 Å². The second-order valence-electron chi connectivity index (χ2n) is 7.00. The molecule has 0 N–H and O–H groups in total. The van der Waals surface area contributed by atoms with Crippen LogP contribution in [0.1, 0.15) is 46.2 Å². The first-order chi connectivity index (χ1) is 14.1. The van der Waals surface area contributed by atoms with Gasteiger partial charge in [0.1, 0.15) is 18.2 Å². The molecular weight excluding hydrogens is 370 g/mol. The van der Waals surface area contributed by atoms with Crippen LogP contribution in [0.25, 0.3) is 11.3 Å². The zero-order valence-corrected chi connectivity index (χ0v) is 16.8. The van der Waals surface area contributed by atoms with Crippen molar-refractivity contribution in [3.05, 3.63) is 59.1 Å². The zero-order valence-electron chi connectivity index (χ0n) is 16.8. The largest absolute Gasteiger partial charge is 0.368 e. The van der Waals surface area contributed by atoms with Gasteiger partial charge in [0.05, 0.1) is 47.1 Å². The molecule has 4 heterocycles. The zero-order chi connectivity index (χ0) is 20.4. The number of pyridine rings is 1. The molecule has 4 rings (SSSR count). The predicted octanol–water partition coefficient (Wildman–Crippen LogP) is 2.92. The fourth-order valence-electron chi connectivity index (χ4n) is 3.54. The Morgan fingerprint density at radius 3 is 2.93 bits per heavy atom. The summed E-state index contributed by atoms with van der Waals surface area (Å²) in [5.41, 5.74) is 4.51. The quantitative estimate of drug-likeness (QED) is 0.672. The highest BCUT2D eigenvalue weighted by molar-refractivity contribution is 5.95. The van der Waals surface area contributed by atoms with E-state index >= 15 is 0 Å². The number of aromatic nitrogens is 4. The lowest BCUT2D eigenvalue weighted by molar-refractivity contribution is -0.0247. The maximum Gasteiger partial charge on any atom is 0.257 e. The molecule has 1 aliphatic rings. The van der Waals surface area contributed by atoms with Crippen LogP contribution in [-0.2, 0) is 11.2 Å². The van der Waals surface area contributed by atoms with Gasteiger partial charge in [-0.3, -0.25) is 4.79 Å². The third kappa shape index (κ3) is 3.75. The Morgan fingerprint density at radius 1 is 1.28 bits per heavy atom. The Bertz CT molecular complexity index is 1030. The molecule has 0 aromatic carbocycles. The van der Waals surface area contributed by atoms with Crippen LogP contribution in [0.4, 0.5) is 0 Å². The number of carbonyl (C=O) groups is 1. The van der Waals surface area contributed by atoms with Gasteiger partial charge in [-0.2, -0.15) is 0 Å². The van der Waals surface area contributed by atoms with E-state index in [2.05, 4.69) is 15.1 Å². The van der Waals surface area contributed by atoms with Crippen LogP contribution in [0.15, 0.2) is 35.2 Å². The number of morpholine rings is 1. The summed E-state index contributed by atoms with van der Waals surface area (Å²) >= 11 is 0. The molecule has 0 spiro atoms. The van der Waals surface area contributed by atoms with E-state index in [1.54, 1.807) is 11.1 Å². The van der Waals surface area contributed by atoms with Gasteiger partial charge < -0.3 is 14.2 Å². The van der Waals surface area contributed by atoms with E-state index in [0.29, 0.717) is 31.0 Å². The van der Waals surface area contributed by atoms with E-state index in [1.165, 1.54) is 6.33 Å². The number of aryl methyl sites for hydroxylation is 3. The molecule has 1 saturated heterocycles. The van der Waals surface area contributed by atoms with Crippen molar-refractivity contribution in [1.29, 1.82) is 0 Å². The molecule has 150 valence electrons. The molecule has 0 aliphatic carbocycles. The number of rotatable bonds is 4. The lowest BCUT2D eigenvalue weighted by Gasteiger charge is -2.33. The highest BCUT2D eigenvalue weighted by Gasteiger charge is 2.28. The van der Waals surface area contributed by atoms with Crippen molar-refractivity contribution in [2.45, 2.75) is 33.3 Å². The number of hydrogen-bond acceptors (Lipinski definition) is 7. The highest BCUT2D eigenvalue weighted by Crippen LogP contribution is 2.29. The van der Waals surface area contributed by atoms with E-state index in [-0.39, 0.29) is 12.0 Å². The van der Waals surface area contributed by atoms with Crippen LogP contribution in [0.2, 0.25) is 0 Å². The Balaban J connectivity index is 1.58. The molecule has 0 saturated carbocycles. The fourth-order valence-corrected chi connectivity index (χ4v) is 3.54. The van der Waals surface area contributed by atoms with Gasteiger partial charge >= 0.3 is 0 Å². The molecule has 1 atom stereocenters. The summed E-state index contributed by atoms with van der Waals surface area (Å²) in [6.07, 6.45) is 3.45. The lowest BCUT2D eigenvalue weighted by atomic mass is 10.1. The average Bonchev–Trinajstić information content (AvgIpc) is 3.14. The van der Waals surface area contributed by atoms with E-state index in [9.17, 15) is 4.79 Å². The fraction of sp³-hybridized carbons (Fsp3) is 0.381. The molecule has 1 fully saturated rings. The maximum atomic E-state index is 12.9. The molecule has 1 unspecified atom stereocenters. The van der Waals surface area contributed by atoms with Crippen molar-refractivity contribution in [2.24, 2.45) is 0 Å². The number of carbonyl (C=O) groups excluding carboxylic acids is 1. The summed E-state index contributed by atoms with van der Waals surface area (Å²) in [4.78, 5) is 27.6. The third-order valence-electron chi connectivity index (χ3n) is 5.11. The van der Waals surface area contributed by atoms with Gasteiger partial charge in [-0.1, -0.05) is 18.1 Å². The number of amides is 1. The van der Waals surface area contributed by atoms with Gasteiger partial charge in [0.15, 0.2) is 0 Å². The van der Waals surface area contributed by atoms with E-state index in [0.717, 1.165) is 34.8 Å². The molecule has 3 aromatic rings. The first-order valence-electron chi connectivity index (χ1n) is 9.68. The van der Waals surface area contributed by atoms with Crippen molar-refractivity contribution in [3.63, 3.8) is 0 Å².